The Kier molecular flexibility index (Phi) is 5.76. The number of fused-ring (bicyclic) bond motifs is 1. The molecule has 1 aromatic heterocycles. The molecule has 1 heterocycles. The zero-order valence-corrected chi connectivity index (χ0v) is 14.9. The summed E-state index contributed by atoms with van der Waals surface area (Å²) in [6, 6.07) is 6.58. The normalized spacial score (nSPS) is 12.7. The number of hydrogen-bond donors (Lipinski definition) is 1. The van der Waals surface area contributed by atoms with Crippen LogP contribution in [0.2, 0.25) is 0 Å². The lowest BCUT2D eigenvalue weighted by molar-refractivity contribution is 0.0969. The highest BCUT2D eigenvalue weighted by Crippen LogP contribution is 2.23. The second kappa shape index (κ2) is 7.59. The summed E-state index contributed by atoms with van der Waals surface area (Å²) >= 11 is 1.49. The zero-order valence-electron chi connectivity index (χ0n) is 12.4. The van der Waals surface area contributed by atoms with Crippen molar-refractivity contribution in [2.45, 2.75) is 32.2 Å². The number of hydrogen-bond acceptors (Lipinski definition) is 4. The molecule has 0 fully saturated rings. The summed E-state index contributed by atoms with van der Waals surface area (Å²) in [5.74, 6) is -0.0304. The van der Waals surface area contributed by atoms with Gasteiger partial charge in [-0.3, -0.25) is 10.2 Å². The highest BCUT2D eigenvalue weighted by Gasteiger charge is 2.18. The van der Waals surface area contributed by atoms with E-state index in [0.29, 0.717) is 16.1 Å². The minimum absolute atomic E-state index is 0. The lowest BCUT2D eigenvalue weighted by atomic mass is 10.0. The lowest BCUT2D eigenvalue weighted by Gasteiger charge is -2.14. The van der Waals surface area contributed by atoms with Crippen molar-refractivity contribution in [1.82, 2.24) is 4.57 Å². The maximum Gasteiger partial charge on any atom is 0.182 e. The Morgan fingerprint density at radius 1 is 1.30 bits per heavy atom. The van der Waals surface area contributed by atoms with Gasteiger partial charge in [0.15, 0.2) is 10.6 Å². The van der Waals surface area contributed by atoms with Crippen LogP contribution in [0.1, 0.15) is 33.8 Å². The number of nitrogens with one attached hydrogen (secondary N) is 1. The molecule has 1 aliphatic carbocycles. The Hall–Kier alpha value is -1.89. The summed E-state index contributed by atoms with van der Waals surface area (Å²) in [5, 5.41) is 11.6. The van der Waals surface area contributed by atoms with Crippen molar-refractivity contribution in [1.29, 1.82) is 5.41 Å². The van der Waals surface area contributed by atoms with Gasteiger partial charge in [0.2, 0.25) is 0 Å². The minimum Gasteiger partial charge on any atom is -0.313 e. The highest BCUT2D eigenvalue weighted by molar-refractivity contribution is 8.93. The van der Waals surface area contributed by atoms with Crippen LogP contribution in [0, 0.1) is 5.41 Å². The molecule has 1 aromatic carbocycles. The summed E-state index contributed by atoms with van der Waals surface area (Å²) in [6.45, 7) is 0.200. The predicted octanol–water partition coefficient (Wildman–Crippen LogP) is 4.31. The number of benzene rings is 1. The molecule has 120 valence electrons. The second-order valence-electron chi connectivity index (χ2n) is 5.23. The van der Waals surface area contributed by atoms with E-state index in [-0.39, 0.29) is 29.3 Å². The first-order chi connectivity index (χ1) is 10.7. The molecule has 8 heteroatoms. The van der Waals surface area contributed by atoms with Gasteiger partial charge in [0.25, 0.3) is 0 Å². The van der Waals surface area contributed by atoms with Crippen molar-refractivity contribution in [2.24, 2.45) is 5.11 Å². The second-order valence-corrected chi connectivity index (χ2v) is 6.31. The van der Waals surface area contributed by atoms with Gasteiger partial charge in [-0.1, -0.05) is 29.4 Å². The smallest absolute Gasteiger partial charge is 0.182 e. The Morgan fingerprint density at radius 3 is 2.70 bits per heavy atom. The van der Waals surface area contributed by atoms with Gasteiger partial charge in [-0.05, 0) is 31.2 Å². The lowest BCUT2D eigenvalue weighted by Crippen LogP contribution is -2.22. The molecule has 0 atom stereocenters. The van der Waals surface area contributed by atoms with Gasteiger partial charge in [-0.15, -0.1) is 28.3 Å². The number of nitrogens with zero attached hydrogens (tertiary/aromatic N) is 4. The molecule has 0 saturated carbocycles. The highest BCUT2D eigenvalue weighted by atomic mass is 79.9. The fourth-order valence-corrected chi connectivity index (χ4v) is 3.81. The van der Waals surface area contributed by atoms with Crippen molar-refractivity contribution >= 4 is 39.8 Å². The molecule has 2 aromatic rings. The summed E-state index contributed by atoms with van der Waals surface area (Å²) in [7, 11) is 0. The number of ketones is 1. The Morgan fingerprint density at radius 2 is 2.00 bits per heavy atom. The first-order valence-electron chi connectivity index (χ1n) is 7.13. The van der Waals surface area contributed by atoms with E-state index >= 15 is 0 Å². The first-order valence-corrected chi connectivity index (χ1v) is 7.95. The fourth-order valence-electron chi connectivity index (χ4n) is 2.72. The maximum atomic E-state index is 12.4. The number of carbonyl (C=O) groups excluding carboxylic acids is 1. The van der Waals surface area contributed by atoms with Gasteiger partial charge in [0.05, 0.1) is 6.54 Å². The van der Waals surface area contributed by atoms with Crippen LogP contribution in [0.25, 0.3) is 10.4 Å². The van der Waals surface area contributed by atoms with E-state index in [0.717, 1.165) is 25.0 Å². The van der Waals surface area contributed by atoms with Crippen molar-refractivity contribution in [3.8, 4) is 0 Å². The van der Waals surface area contributed by atoms with Crippen molar-refractivity contribution < 1.29 is 4.79 Å². The van der Waals surface area contributed by atoms with Gasteiger partial charge in [-0.25, -0.2) is 0 Å². The van der Waals surface area contributed by atoms with Gasteiger partial charge in [-0.2, -0.15) is 0 Å². The monoisotopic (exact) mass is 393 g/mol. The van der Waals surface area contributed by atoms with Crippen LogP contribution in [0.15, 0.2) is 29.4 Å². The third kappa shape index (κ3) is 3.72. The number of rotatable bonds is 4. The van der Waals surface area contributed by atoms with Crippen molar-refractivity contribution in [2.75, 3.05) is 0 Å². The average molecular weight is 394 g/mol. The summed E-state index contributed by atoms with van der Waals surface area (Å²) in [6.07, 6.45) is 4.27. The molecule has 0 spiro atoms. The van der Waals surface area contributed by atoms with Gasteiger partial charge < -0.3 is 4.57 Å². The van der Waals surface area contributed by atoms with E-state index in [2.05, 4.69) is 10.0 Å². The average Bonchev–Trinajstić information content (AvgIpc) is 2.84. The van der Waals surface area contributed by atoms with Gasteiger partial charge in [0, 0.05) is 26.7 Å². The number of aryl methyl sites for hydroxylation is 1. The maximum absolute atomic E-state index is 12.4. The molecule has 0 amide bonds. The van der Waals surface area contributed by atoms with E-state index in [1.165, 1.54) is 22.6 Å². The number of azide groups is 1. The quantitative estimate of drug-likeness (QED) is 0.356. The molecule has 3 rings (SSSR count). The number of carbonyl (C=O) groups is 1. The van der Waals surface area contributed by atoms with E-state index < -0.39 is 0 Å². The van der Waals surface area contributed by atoms with E-state index in [1.807, 2.05) is 4.57 Å². The minimum atomic E-state index is -0.0304. The predicted molar refractivity (Wildman–Crippen MR) is 94.7 cm³/mol. The largest absolute Gasteiger partial charge is 0.313 e. The van der Waals surface area contributed by atoms with Gasteiger partial charge >= 0.3 is 0 Å². The third-order valence-corrected chi connectivity index (χ3v) is 4.93. The van der Waals surface area contributed by atoms with Crippen molar-refractivity contribution in [3.05, 3.63) is 55.6 Å². The van der Waals surface area contributed by atoms with Crippen molar-refractivity contribution in [3.63, 3.8) is 0 Å². The standard InChI is InChI=1S/C15H15N5OS.BrH/c16-15-20(12-3-1-2-4-14(12)22-15)9-13(21)10-5-7-11(8-6-10)18-19-17;/h5-8,16H,1-4,9H2;1H. The summed E-state index contributed by atoms with van der Waals surface area (Å²) < 4.78 is 1.84. The zero-order chi connectivity index (χ0) is 15.5. The number of Topliss-reactive ketones (excluding diaryl/α,β-unsaturated/α-hetero) is 1. The van der Waals surface area contributed by atoms with E-state index in [4.69, 9.17) is 10.9 Å². The van der Waals surface area contributed by atoms with Crippen LogP contribution in [-0.2, 0) is 19.4 Å². The van der Waals surface area contributed by atoms with E-state index in [9.17, 15) is 4.79 Å². The van der Waals surface area contributed by atoms with Crippen LogP contribution >= 0.6 is 28.3 Å². The Balaban J connectivity index is 0.00000192. The van der Waals surface area contributed by atoms with Crippen LogP contribution < -0.4 is 4.80 Å². The van der Waals surface area contributed by atoms with Crippen LogP contribution in [0.4, 0.5) is 5.69 Å². The molecular formula is C15H16BrN5OS. The SMILES string of the molecule is Br.[N-]=[N+]=Nc1ccc(C(=O)Cn2c3c(sc2=N)CCCC3)cc1. The third-order valence-electron chi connectivity index (χ3n) is 3.83. The molecular weight excluding hydrogens is 378 g/mol. The molecule has 0 aliphatic heterocycles. The van der Waals surface area contributed by atoms with E-state index in [1.54, 1.807) is 24.3 Å². The molecule has 0 radical (unpaired) electrons. The number of aromatic nitrogens is 1. The van der Waals surface area contributed by atoms with Gasteiger partial charge in [0.1, 0.15) is 0 Å². The molecule has 23 heavy (non-hydrogen) atoms. The van der Waals surface area contributed by atoms with Crippen LogP contribution in [0.5, 0.6) is 0 Å². The molecule has 1 aliphatic rings. The molecule has 0 saturated heterocycles. The summed E-state index contributed by atoms with van der Waals surface area (Å²) in [4.78, 5) is 16.8. The fraction of sp³-hybridized carbons (Fsp3) is 0.333. The Bertz CT molecular complexity index is 817. The number of thiazole rings is 1. The van der Waals surface area contributed by atoms with Crippen LogP contribution in [-0.4, -0.2) is 10.4 Å². The molecule has 0 bridgehead atoms. The Labute approximate surface area is 147 Å². The van der Waals surface area contributed by atoms with Crippen LogP contribution in [0.3, 0.4) is 0 Å². The number of halogens is 1. The molecule has 0 unspecified atom stereocenters. The summed E-state index contributed by atoms with van der Waals surface area (Å²) in [5.41, 5.74) is 10.6. The molecule has 1 N–H and O–H groups in total. The molecule has 6 nitrogen and oxygen atoms in total. The first kappa shape index (κ1) is 17.5. The topological polar surface area (TPSA) is 94.6 Å².